The Kier molecular flexibility index (Phi) is 4.18. The monoisotopic (exact) mass is 319 g/mol. The molecule has 5 nitrogen and oxygen atoms in total. The number of hydrogen-bond acceptors (Lipinski definition) is 3. The van der Waals surface area contributed by atoms with Crippen molar-refractivity contribution in [1.29, 1.82) is 0 Å². The highest BCUT2D eigenvalue weighted by Gasteiger charge is 2.29. The summed E-state index contributed by atoms with van der Waals surface area (Å²) in [6.45, 7) is 5.10. The largest absolute Gasteiger partial charge is 0.375 e. The molecule has 2 aromatic rings. The van der Waals surface area contributed by atoms with Gasteiger partial charge in [-0.25, -0.2) is 0 Å². The van der Waals surface area contributed by atoms with E-state index in [0.29, 0.717) is 29.6 Å². The Morgan fingerprint density at radius 1 is 1.41 bits per heavy atom. The molecule has 1 saturated heterocycles. The van der Waals surface area contributed by atoms with E-state index < -0.39 is 0 Å². The molecule has 1 fully saturated rings. The summed E-state index contributed by atoms with van der Waals surface area (Å²) >= 11 is 5.99. The number of nitrogens with one attached hydrogen (secondary N) is 1. The van der Waals surface area contributed by atoms with Crippen molar-refractivity contribution in [2.24, 2.45) is 0 Å². The van der Waals surface area contributed by atoms with Crippen molar-refractivity contribution < 1.29 is 9.53 Å². The first-order valence-electron chi connectivity index (χ1n) is 7.28. The van der Waals surface area contributed by atoms with Gasteiger partial charge in [-0.1, -0.05) is 23.7 Å². The minimum atomic E-state index is -0.0524. The highest BCUT2D eigenvalue weighted by molar-refractivity contribution is 6.30. The number of carbonyl (C=O) groups excluding carboxylic acids is 1. The number of ether oxygens (including phenoxy) is 1. The predicted molar refractivity (Wildman–Crippen MR) is 84.9 cm³/mol. The average molecular weight is 320 g/mol. The van der Waals surface area contributed by atoms with Crippen LogP contribution in [0, 0.1) is 0 Å². The summed E-state index contributed by atoms with van der Waals surface area (Å²) in [7, 11) is 0. The van der Waals surface area contributed by atoms with E-state index in [1.165, 1.54) is 0 Å². The van der Waals surface area contributed by atoms with Crippen LogP contribution in [0.2, 0.25) is 5.02 Å². The van der Waals surface area contributed by atoms with Gasteiger partial charge >= 0.3 is 0 Å². The maximum absolute atomic E-state index is 12.6. The molecule has 2 atom stereocenters. The number of hydrogen-bond donors (Lipinski definition) is 1. The van der Waals surface area contributed by atoms with Crippen molar-refractivity contribution in [1.82, 2.24) is 15.1 Å². The second-order valence-electron chi connectivity index (χ2n) is 5.63. The molecular formula is C16H18ClN3O2. The normalized spacial score (nSPS) is 21.9. The van der Waals surface area contributed by atoms with Crippen LogP contribution >= 0.6 is 11.6 Å². The summed E-state index contributed by atoms with van der Waals surface area (Å²) < 4.78 is 5.56. The molecular weight excluding hydrogens is 302 g/mol. The summed E-state index contributed by atoms with van der Waals surface area (Å²) in [6, 6.07) is 9.23. The van der Waals surface area contributed by atoms with Crippen molar-refractivity contribution in [2.75, 3.05) is 13.2 Å². The second-order valence-corrected chi connectivity index (χ2v) is 6.06. The van der Waals surface area contributed by atoms with Crippen molar-refractivity contribution >= 4 is 17.5 Å². The molecule has 6 heteroatoms. The zero-order valence-corrected chi connectivity index (χ0v) is 13.3. The van der Waals surface area contributed by atoms with Gasteiger partial charge in [0.05, 0.1) is 24.4 Å². The molecule has 1 N–H and O–H groups in total. The van der Waals surface area contributed by atoms with E-state index in [1.54, 1.807) is 12.1 Å². The van der Waals surface area contributed by atoms with E-state index in [4.69, 9.17) is 16.3 Å². The lowest BCUT2D eigenvalue weighted by Gasteiger charge is -2.36. The summed E-state index contributed by atoms with van der Waals surface area (Å²) in [6.07, 6.45) is 0.0514. The van der Waals surface area contributed by atoms with E-state index in [-0.39, 0.29) is 18.1 Å². The Morgan fingerprint density at radius 3 is 3.00 bits per heavy atom. The van der Waals surface area contributed by atoms with Crippen LogP contribution in [0.25, 0.3) is 11.3 Å². The predicted octanol–water partition coefficient (Wildman–Crippen LogP) is 2.98. The number of aromatic nitrogens is 2. The van der Waals surface area contributed by atoms with Crippen LogP contribution in [0.15, 0.2) is 30.3 Å². The van der Waals surface area contributed by atoms with E-state index in [1.807, 2.05) is 36.9 Å². The van der Waals surface area contributed by atoms with Crippen molar-refractivity contribution in [3.05, 3.63) is 41.0 Å². The maximum Gasteiger partial charge on any atom is 0.272 e. The summed E-state index contributed by atoms with van der Waals surface area (Å²) in [5, 5.41) is 7.70. The number of carbonyl (C=O) groups is 1. The highest BCUT2D eigenvalue weighted by atomic mass is 35.5. The highest BCUT2D eigenvalue weighted by Crippen LogP contribution is 2.22. The maximum atomic E-state index is 12.6. The Labute approximate surface area is 134 Å². The lowest BCUT2D eigenvalue weighted by atomic mass is 10.1. The molecule has 1 aliphatic rings. The molecule has 116 valence electrons. The first-order valence-corrected chi connectivity index (χ1v) is 7.66. The van der Waals surface area contributed by atoms with Gasteiger partial charge in [-0.15, -0.1) is 0 Å². The first-order chi connectivity index (χ1) is 10.5. The molecule has 1 aromatic heterocycles. The number of H-pyrrole nitrogens is 1. The molecule has 1 amide bonds. The molecule has 0 spiro atoms. The van der Waals surface area contributed by atoms with Gasteiger partial charge in [0.1, 0.15) is 5.69 Å². The van der Waals surface area contributed by atoms with Crippen LogP contribution in [0.4, 0.5) is 0 Å². The Balaban J connectivity index is 1.82. The van der Waals surface area contributed by atoms with Crippen molar-refractivity contribution in [3.8, 4) is 11.3 Å². The number of halogens is 1. The molecule has 0 unspecified atom stereocenters. The van der Waals surface area contributed by atoms with Crippen molar-refractivity contribution in [3.63, 3.8) is 0 Å². The third-order valence-corrected chi connectivity index (χ3v) is 4.03. The third kappa shape index (κ3) is 3.00. The van der Waals surface area contributed by atoms with Gasteiger partial charge in [0, 0.05) is 17.1 Å². The topological polar surface area (TPSA) is 58.2 Å². The smallest absolute Gasteiger partial charge is 0.272 e. The van der Waals surface area contributed by atoms with E-state index in [0.717, 1.165) is 5.56 Å². The molecule has 0 saturated carbocycles. The summed E-state index contributed by atoms with van der Waals surface area (Å²) in [5.74, 6) is -0.0524. The summed E-state index contributed by atoms with van der Waals surface area (Å²) in [5.41, 5.74) is 2.07. The van der Waals surface area contributed by atoms with Gasteiger partial charge in [0.25, 0.3) is 5.91 Å². The van der Waals surface area contributed by atoms with E-state index in [9.17, 15) is 4.79 Å². The summed E-state index contributed by atoms with van der Waals surface area (Å²) in [4.78, 5) is 14.5. The van der Waals surface area contributed by atoms with Gasteiger partial charge in [-0.2, -0.15) is 5.10 Å². The Hall–Kier alpha value is -1.85. The Morgan fingerprint density at radius 2 is 2.23 bits per heavy atom. The van der Waals surface area contributed by atoms with Crippen molar-refractivity contribution in [2.45, 2.75) is 26.0 Å². The second kappa shape index (κ2) is 6.10. The molecule has 2 heterocycles. The fourth-order valence-electron chi connectivity index (χ4n) is 2.57. The minimum Gasteiger partial charge on any atom is -0.375 e. The van der Waals surface area contributed by atoms with Crippen LogP contribution in [0.5, 0.6) is 0 Å². The number of amides is 1. The number of morpholine rings is 1. The van der Waals surface area contributed by atoms with Crippen LogP contribution in [0.3, 0.4) is 0 Å². The molecule has 1 aliphatic heterocycles. The fourth-order valence-corrected chi connectivity index (χ4v) is 2.76. The molecule has 0 radical (unpaired) electrons. The molecule has 0 aliphatic carbocycles. The van der Waals surface area contributed by atoms with Crippen LogP contribution in [-0.4, -0.2) is 46.3 Å². The Bertz CT molecular complexity index is 686. The van der Waals surface area contributed by atoms with Gasteiger partial charge in [-0.05, 0) is 32.0 Å². The standard InChI is InChI=1S/C16H18ClN3O2/c1-10-9-22-11(2)8-20(10)16(21)15-7-14(18-19-15)12-4-3-5-13(17)6-12/h3-7,10-11H,8-9H2,1-2H3,(H,18,19)/t10-,11+/m1/s1. The first kappa shape index (κ1) is 15.1. The average Bonchev–Trinajstić information content (AvgIpc) is 2.99. The van der Waals surface area contributed by atoms with Crippen LogP contribution in [-0.2, 0) is 4.74 Å². The van der Waals surface area contributed by atoms with Crippen LogP contribution < -0.4 is 0 Å². The van der Waals surface area contributed by atoms with Gasteiger partial charge in [-0.3, -0.25) is 9.89 Å². The number of aromatic amines is 1. The van der Waals surface area contributed by atoms with E-state index in [2.05, 4.69) is 10.2 Å². The SMILES string of the molecule is C[C@@H]1CO[C@@H](C)CN1C(=O)c1cc(-c2cccc(Cl)c2)n[nH]1. The van der Waals surface area contributed by atoms with Gasteiger partial charge < -0.3 is 9.64 Å². The zero-order chi connectivity index (χ0) is 15.7. The minimum absolute atomic E-state index is 0.0514. The van der Waals surface area contributed by atoms with Gasteiger partial charge in [0.15, 0.2) is 0 Å². The van der Waals surface area contributed by atoms with Gasteiger partial charge in [0.2, 0.25) is 0 Å². The fraction of sp³-hybridized carbons (Fsp3) is 0.375. The molecule has 22 heavy (non-hydrogen) atoms. The number of nitrogens with zero attached hydrogens (tertiary/aromatic N) is 2. The lowest BCUT2D eigenvalue weighted by molar-refractivity contribution is -0.0389. The zero-order valence-electron chi connectivity index (χ0n) is 12.5. The molecule has 0 bridgehead atoms. The lowest BCUT2D eigenvalue weighted by Crippen LogP contribution is -2.50. The number of rotatable bonds is 2. The molecule has 1 aromatic carbocycles. The number of benzene rings is 1. The third-order valence-electron chi connectivity index (χ3n) is 3.80. The van der Waals surface area contributed by atoms with E-state index >= 15 is 0 Å². The molecule has 3 rings (SSSR count). The van der Waals surface area contributed by atoms with Crippen LogP contribution in [0.1, 0.15) is 24.3 Å². The quantitative estimate of drug-likeness (QED) is 0.925.